The van der Waals surface area contributed by atoms with E-state index in [9.17, 15) is 13.2 Å². The molecule has 150 valence electrons. The second-order valence-electron chi connectivity index (χ2n) is 6.45. The number of methoxy groups -OCH3 is 1. The normalized spacial score (nSPS) is 15.2. The minimum Gasteiger partial charge on any atom is -0.496 e. The fourth-order valence-corrected chi connectivity index (χ4v) is 3.54. The van der Waals surface area contributed by atoms with Crippen LogP contribution in [0.25, 0.3) is 0 Å². The van der Waals surface area contributed by atoms with Crippen molar-refractivity contribution in [1.82, 2.24) is 4.90 Å². The standard InChI is InChI=1S/C19H23N3O5S/c1-26-18-6-5-16(28(20,24)25)12-17(18)19(23)21-15-4-2-3-14(11-15)13-22-7-9-27-10-8-22/h2-6,11-12H,7-10,13H2,1H3,(H,21,23)(H2,20,24,25). The minimum atomic E-state index is -3.93. The zero-order valence-corrected chi connectivity index (χ0v) is 16.4. The Morgan fingerprint density at radius 1 is 1.21 bits per heavy atom. The molecule has 1 amide bonds. The van der Waals surface area contributed by atoms with Gasteiger partial charge in [-0.2, -0.15) is 0 Å². The highest BCUT2D eigenvalue weighted by Crippen LogP contribution is 2.23. The first-order chi connectivity index (χ1) is 13.4. The maximum Gasteiger partial charge on any atom is 0.259 e. The van der Waals surface area contributed by atoms with Gasteiger partial charge in [0.05, 0.1) is 30.8 Å². The molecule has 28 heavy (non-hydrogen) atoms. The Labute approximate surface area is 164 Å². The van der Waals surface area contributed by atoms with Gasteiger partial charge in [0, 0.05) is 25.3 Å². The van der Waals surface area contributed by atoms with E-state index >= 15 is 0 Å². The van der Waals surface area contributed by atoms with Crippen LogP contribution in [0.15, 0.2) is 47.4 Å². The van der Waals surface area contributed by atoms with Gasteiger partial charge in [0.25, 0.3) is 5.91 Å². The van der Waals surface area contributed by atoms with Gasteiger partial charge in [-0.15, -0.1) is 0 Å². The molecule has 2 aromatic rings. The lowest BCUT2D eigenvalue weighted by Gasteiger charge is -2.26. The number of morpholine rings is 1. The summed E-state index contributed by atoms with van der Waals surface area (Å²) in [5.41, 5.74) is 1.76. The van der Waals surface area contributed by atoms with E-state index in [-0.39, 0.29) is 16.2 Å². The van der Waals surface area contributed by atoms with E-state index < -0.39 is 15.9 Å². The molecule has 0 unspecified atom stereocenters. The summed E-state index contributed by atoms with van der Waals surface area (Å²) < 4.78 is 33.7. The molecule has 1 saturated heterocycles. The van der Waals surface area contributed by atoms with Crippen LogP contribution in [0.2, 0.25) is 0 Å². The first kappa shape index (κ1) is 20.3. The third kappa shape index (κ3) is 5.08. The van der Waals surface area contributed by atoms with E-state index in [1.165, 1.54) is 25.3 Å². The Balaban J connectivity index is 1.78. The summed E-state index contributed by atoms with van der Waals surface area (Å²) in [5, 5.41) is 7.96. The molecule has 0 bridgehead atoms. The van der Waals surface area contributed by atoms with Crippen molar-refractivity contribution in [3.8, 4) is 5.75 Å². The summed E-state index contributed by atoms with van der Waals surface area (Å²) in [5.74, 6) is -0.222. The van der Waals surface area contributed by atoms with Crippen molar-refractivity contribution in [2.45, 2.75) is 11.4 Å². The van der Waals surface area contributed by atoms with Gasteiger partial charge < -0.3 is 14.8 Å². The van der Waals surface area contributed by atoms with Crippen LogP contribution in [-0.2, 0) is 21.3 Å². The van der Waals surface area contributed by atoms with Crippen molar-refractivity contribution < 1.29 is 22.7 Å². The fraction of sp³-hybridized carbons (Fsp3) is 0.316. The highest BCUT2D eigenvalue weighted by molar-refractivity contribution is 7.89. The van der Waals surface area contributed by atoms with E-state index in [0.717, 1.165) is 38.4 Å². The number of rotatable bonds is 6. The Hall–Kier alpha value is -2.46. The highest BCUT2D eigenvalue weighted by atomic mass is 32.2. The van der Waals surface area contributed by atoms with Gasteiger partial charge in [0.1, 0.15) is 5.75 Å². The van der Waals surface area contributed by atoms with Crippen molar-refractivity contribution in [2.24, 2.45) is 5.14 Å². The second-order valence-corrected chi connectivity index (χ2v) is 8.01. The molecular formula is C19H23N3O5S. The first-order valence-corrected chi connectivity index (χ1v) is 10.3. The minimum absolute atomic E-state index is 0.0904. The largest absolute Gasteiger partial charge is 0.496 e. The number of nitrogens with one attached hydrogen (secondary N) is 1. The van der Waals surface area contributed by atoms with Crippen molar-refractivity contribution in [3.63, 3.8) is 0 Å². The molecule has 0 saturated carbocycles. The van der Waals surface area contributed by atoms with Crippen molar-refractivity contribution in [3.05, 3.63) is 53.6 Å². The molecule has 1 aliphatic rings. The molecule has 2 aromatic carbocycles. The lowest BCUT2D eigenvalue weighted by molar-refractivity contribution is 0.0342. The predicted octanol–water partition coefficient (Wildman–Crippen LogP) is 1.43. The number of sulfonamides is 1. The van der Waals surface area contributed by atoms with Gasteiger partial charge in [-0.05, 0) is 35.9 Å². The Kier molecular flexibility index (Phi) is 6.30. The van der Waals surface area contributed by atoms with Gasteiger partial charge >= 0.3 is 0 Å². The molecule has 3 N–H and O–H groups in total. The number of carbonyl (C=O) groups excluding carboxylic acids is 1. The van der Waals surface area contributed by atoms with E-state index in [4.69, 9.17) is 14.6 Å². The van der Waals surface area contributed by atoms with Gasteiger partial charge in [-0.3, -0.25) is 9.69 Å². The number of hydrogen-bond acceptors (Lipinski definition) is 6. The Morgan fingerprint density at radius 2 is 1.96 bits per heavy atom. The zero-order valence-electron chi connectivity index (χ0n) is 15.6. The molecule has 1 heterocycles. The highest BCUT2D eigenvalue weighted by Gasteiger charge is 2.18. The van der Waals surface area contributed by atoms with Crippen LogP contribution >= 0.6 is 0 Å². The van der Waals surface area contributed by atoms with Gasteiger partial charge in [-0.1, -0.05) is 12.1 Å². The molecule has 8 nitrogen and oxygen atoms in total. The number of benzene rings is 2. The lowest BCUT2D eigenvalue weighted by atomic mass is 10.1. The first-order valence-electron chi connectivity index (χ1n) is 8.78. The topological polar surface area (TPSA) is 111 Å². The van der Waals surface area contributed by atoms with E-state index in [0.29, 0.717) is 5.69 Å². The Bertz CT molecular complexity index is 956. The average molecular weight is 405 g/mol. The summed E-state index contributed by atoms with van der Waals surface area (Å²) in [6, 6.07) is 11.4. The van der Waals surface area contributed by atoms with Crippen molar-refractivity contribution >= 4 is 21.6 Å². The van der Waals surface area contributed by atoms with Crippen LogP contribution in [0.3, 0.4) is 0 Å². The molecule has 0 spiro atoms. The molecule has 1 aliphatic heterocycles. The maximum atomic E-state index is 12.7. The smallest absolute Gasteiger partial charge is 0.259 e. The molecule has 0 aliphatic carbocycles. The van der Waals surface area contributed by atoms with Gasteiger partial charge in [-0.25, -0.2) is 13.6 Å². The van der Waals surface area contributed by atoms with Gasteiger partial charge in [0.2, 0.25) is 10.0 Å². The van der Waals surface area contributed by atoms with Gasteiger partial charge in [0.15, 0.2) is 0 Å². The number of ether oxygens (including phenoxy) is 2. The van der Waals surface area contributed by atoms with E-state index in [1.54, 1.807) is 6.07 Å². The van der Waals surface area contributed by atoms with Crippen LogP contribution in [0.5, 0.6) is 5.75 Å². The van der Waals surface area contributed by atoms with Crippen molar-refractivity contribution in [1.29, 1.82) is 0 Å². The molecule has 3 rings (SSSR count). The van der Waals surface area contributed by atoms with Crippen LogP contribution < -0.4 is 15.2 Å². The second kappa shape index (κ2) is 8.70. The molecule has 9 heteroatoms. The summed E-state index contributed by atoms with van der Waals surface area (Å²) in [6.07, 6.45) is 0. The fourth-order valence-electron chi connectivity index (χ4n) is 3.00. The van der Waals surface area contributed by atoms with Crippen LogP contribution in [0, 0.1) is 0 Å². The SMILES string of the molecule is COc1ccc(S(N)(=O)=O)cc1C(=O)Nc1cccc(CN2CCOCC2)c1. The quantitative estimate of drug-likeness (QED) is 0.752. The lowest BCUT2D eigenvalue weighted by Crippen LogP contribution is -2.35. The summed E-state index contributed by atoms with van der Waals surface area (Å²) in [7, 11) is -2.52. The third-order valence-corrected chi connectivity index (χ3v) is 5.35. The number of primary sulfonamides is 1. The summed E-state index contributed by atoms with van der Waals surface area (Å²) >= 11 is 0. The predicted molar refractivity (Wildman–Crippen MR) is 105 cm³/mol. The van der Waals surface area contributed by atoms with Crippen LogP contribution in [0.4, 0.5) is 5.69 Å². The monoisotopic (exact) mass is 405 g/mol. The van der Waals surface area contributed by atoms with Crippen LogP contribution in [-0.4, -0.2) is 52.6 Å². The van der Waals surface area contributed by atoms with E-state index in [2.05, 4.69) is 10.2 Å². The third-order valence-electron chi connectivity index (χ3n) is 4.44. The zero-order chi connectivity index (χ0) is 20.1. The maximum absolute atomic E-state index is 12.7. The average Bonchev–Trinajstić information content (AvgIpc) is 2.68. The van der Waals surface area contributed by atoms with Crippen molar-refractivity contribution in [2.75, 3.05) is 38.7 Å². The summed E-state index contributed by atoms with van der Waals surface area (Å²) in [4.78, 5) is 14.8. The molecule has 1 fully saturated rings. The number of anilines is 1. The summed E-state index contributed by atoms with van der Waals surface area (Å²) in [6.45, 7) is 3.94. The number of nitrogens with zero attached hydrogens (tertiary/aromatic N) is 1. The molecule has 0 radical (unpaired) electrons. The molecule has 0 atom stereocenters. The molecule has 0 aromatic heterocycles. The Morgan fingerprint density at radius 3 is 2.64 bits per heavy atom. The van der Waals surface area contributed by atoms with E-state index in [1.807, 2.05) is 18.2 Å². The number of hydrogen-bond donors (Lipinski definition) is 2. The number of amides is 1. The van der Waals surface area contributed by atoms with Crippen LogP contribution in [0.1, 0.15) is 15.9 Å². The number of carbonyl (C=O) groups is 1. The molecular weight excluding hydrogens is 382 g/mol. The number of nitrogens with two attached hydrogens (primary N) is 1.